The van der Waals surface area contributed by atoms with Gasteiger partial charge in [0.1, 0.15) is 24.2 Å². The largest absolute Gasteiger partial charge is 0.481 e. The Kier molecular flexibility index (Phi) is 37.3. The second-order valence-electron chi connectivity index (χ2n) is 21.1. The second-order valence-corrected chi connectivity index (χ2v) is 22.0. The van der Waals surface area contributed by atoms with Crippen molar-refractivity contribution < 1.29 is 93.3 Å². The fourth-order valence-electron chi connectivity index (χ4n) is 9.28. The number of urea groups is 1. The molecule has 31 heteroatoms. The quantitative estimate of drug-likeness (QED) is 0.0392. The van der Waals surface area contributed by atoms with Gasteiger partial charge < -0.3 is 73.0 Å². The van der Waals surface area contributed by atoms with Crippen LogP contribution in [0.4, 0.5) is 4.79 Å². The predicted molar refractivity (Wildman–Crippen MR) is 312 cm³/mol. The van der Waals surface area contributed by atoms with E-state index in [-0.39, 0.29) is 149 Å². The molecule has 0 unspecified atom stereocenters. The minimum atomic E-state index is -1.55. The number of rotatable bonds is 42. The summed E-state index contributed by atoms with van der Waals surface area (Å²) in [5.74, 6) is -10.4. The van der Waals surface area contributed by atoms with Crippen LogP contribution >= 0.6 is 15.9 Å². The van der Waals surface area contributed by atoms with Gasteiger partial charge in [-0.3, -0.25) is 58.0 Å². The summed E-state index contributed by atoms with van der Waals surface area (Å²) in [7, 11) is 0. The van der Waals surface area contributed by atoms with Crippen molar-refractivity contribution in [1.82, 2.24) is 51.1 Å². The van der Waals surface area contributed by atoms with Crippen molar-refractivity contribution in [2.45, 2.75) is 140 Å². The highest BCUT2D eigenvalue weighted by Crippen LogP contribution is 2.16. The molecule has 0 radical (unpaired) electrons. The van der Waals surface area contributed by atoms with Crippen LogP contribution in [-0.4, -0.2) is 254 Å². The van der Waals surface area contributed by atoms with E-state index in [2.05, 4.69) is 42.5 Å². The number of nitrogens with two attached hydrogens (primary N) is 1. The zero-order chi connectivity index (χ0) is 64.0. The van der Waals surface area contributed by atoms with Gasteiger partial charge in [0.05, 0.1) is 26.2 Å². The van der Waals surface area contributed by atoms with E-state index in [0.29, 0.717) is 64.3 Å². The number of carboxylic acids is 7. The van der Waals surface area contributed by atoms with Crippen LogP contribution in [0.3, 0.4) is 0 Å². The lowest BCUT2D eigenvalue weighted by Crippen LogP contribution is -2.54. The Morgan fingerprint density at radius 2 is 0.907 bits per heavy atom. The average molecular weight is 1290 g/mol. The van der Waals surface area contributed by atoms with E-state index in [0.717, 1.165) is 10.0 Å². The second kappa shape index (κ2) is 42.7. The van der Waals surface area contributed by atoms with E-state index in [1.165, 1.54) is 0 Å². The summed E-state index contributed by atoms with van der Waals surface area (Å²) >= 11 is 3.40. The predicted octanol–water partition coefficient (Wildman–Crippen LogP) is 0.304. The molecule has 0 aromatic heterocycles. The van der Waals surface area contributed by atoms with E-state index >= 15 is 0 Å². The van der Waals surface area contributed by atoms with Gasteiger partial charge in [0.25, 0.3) is 0 Å². The van der Waals surface area contributed by atoms with Crippen LogP contribution in [-0.2, 0) is 59.3 Å². The highest BCUT2D eigenvalue weighted by Gasteiger charge is 2.29. The Balaban J connectivity index is 1.88. The number of aliphatic carboxylic acids is 7. The van der Waals surface area contributed by atoms with Crippen molar-refractivity contribution >= 4 is 87.4 Å². The molecule has 86 heavy (non-hydrogen) atoms. The molecule has 30 nitrogen and oxygen atoms in total. The Hall–Kier alpha value is -7.06. The van der Waals surface area contributed by atoms with Gasteiger partial charge in [-0.1, -0.05) is 40.9 Å². The number of benzene rings is 1. The first-order valence-corrected chi connectivity index (χ1v) is 29.8. The van der Waals surface area contributed by atoms with Crippen molar-refractivity contribution in [2.75, 3.05) is 98.2 Å². The van der Waals surface area contributed by atoms with Gasteiger partial charge >= 0.3 is 47.8 Å². The van der Waals surface area contributed by atoms with Gasteiger partial charge in [-0.2, -0.15) is 0 Å². The van der Waals surface area contributed by atoms with Crippen LogP contribution in [0.15, 0.2) is 28.7 Å². The number of unbranched alkanes of at least 4 members (excludes halogenated alkanes) is 6. The molecular formula is C55H88BrN11O19. The Morgan fingerprint density at radius 3 is 1.38 bits per heavy atom. The van der Waals surface area contributed by atoms with E-state index in [4.69, 9.17) is 10.8 Å². The molecule has 0 aliphatic carbocycles. The van der Waals surface area contributed by atoms with Crippen LogP contribution in [0.5, 0.6) is 0 Å². The van der Waals surface area contributed by atoms with E-state index in [1.807, 2.05) is 24.3 Å². The normalized spacial score (nSPS) is 15.2. The van der Waals surface area contributed by atoms with Crippen molar-refractivity contribution in [3.8, 4) is 0 Å². The lowest BCUT2D eigenvalue weighted by atomic mass is 10.1. The van der Waals surface area contributed by atoms with E-state index < -0.39 is 96.6 Å². The number of hydrogen-bond acceptors (Lipinski definition) is 17. The summed E-state index contributed by atoms with van der Waals surface area (Å²) in [6.45, 7) is 1.20. The Morgan fingerprint density at radius 1 is 0.465 bits per heavy atom. The number of hydrogen-bond donors (Lipinski definition) is 13. The summed E-state index contributed by atoms with van der Waals surface area (Å²) < 4.78 is 0.848. The van der Waals surface area contributed by atoms with Crippen LogP contribution < -0.4 is 32.3 Å². The van der Waals surface area contributed by atoms with Crippen LogP contribution in [0.2, 0.25) is 0 Å². The maximum atomic E-state index is 13.6. The van der Waals surface area contributed by atoms with E-state index in [1.54, 1.807) is 24.5 Å². The van der Waals surface area contributed by atoms with Gasteiger partial charge in [-0.25, -0.2) is 19.2 Å². The molecule has 2 rings (SSSR count). The maximum absolute atomic E-state index is 13.6. The molecular weight excluding hydrogens is 1200 g/mol. The molecule has 1 aliphatic heterocycles. The van der Waals surface area contributed by atoms with Crippen molar-refractivity contribution in [1.29, 1.82) is 0 Å². The minimum Gasteiger partial charge on any atom is -0.481 e. The molecule has 6 amide bonds. The van der Waals surface area contributed by atoms with Gasteiger partial charge in [0.15, 0.2) is 0 Å². The van der Waals surface area contributed by atoms with Crippen molar-refractivity contribution in [3.05, 3.63) is 34.3 Å². The molecule has 0 spiro atoms. The molecule has 484 valence electrons. The number of amides is 6. The fraction of sp³-hybridized carbons (Fsp3) is 0.673. The summed E-state index contributed by atoms with van der Waals surface area (Å²) in [5.41, 5.74) is 6.56. The lowest BCUT2D eigenvalue weighted by Gasteiger charge is -2.33. The maximum Gasteiger partial charge on any atom is 0.326 e. The molecule has 1 aromatic carbocycles. The Labute approximate surface area is 508 Å². The first-order valence-electron chi connectivity index (χ1n) is 29.0. The number of nitrogens with one attached hydrogen (secondary N) is 5. The summed E-state index contributed by atoms with van der Waals surface area (Å²) in [5, 5.41) is 78.9. The lowest BCUT2D eigenvalue weighted by molar-refractivity contribution is -0.143. The molecule has 4 atom stereocenters. The number of nitrogens with zero attached hydrogens (tertiary/aromatic N) is 5. The summed E-state index contributed by atoms with van der Waals surface area (Å²) in [6.07, 6.45) is 4.29. The van der Waals surface area contributed by atoms with Gasteiger partial charge in [0.2, 0.25) is 23.6 Å². The zero-order valence-electron chi connectivity index (χ0n) is 48.7. The molecule has 0 saturated carbocycles. The fourth-order valence-corrected chi connectivity index (χ4v) is 9.54. The monoisotopic (exact) mass is 1290 g/mol. The van der Waals surface area contributed by atoms with Gasteiger partial charge in [-0.15, -0.1) is 0 Å². The summed E-state index contributed by atoms with van der Waals surface area (Å²) in [6, 6.07) is 0.929. The van der Waals surface area contributed by atoms with Gasteiger partial charge in [0, 0.05) is 95.7 Å². The third-order valence-electron chi connectivity index (χ3n) is 14.0. The molecule has 1 fully saturated rings. The third kappa shape index (κ3) is 34.8. The highest BCUT2D eigenvalue weighted by molar-refractivity contribution is 9.10. The number of carboxylic acid groups (broad SMARTS) is 7. The third-order valence-corrected chi connectivity index (χ3v) is 14.6. The molecule has 14 N–H and O–H groups in total. The van der Waals surface area contributed by atoms with Crippen LogP contribution in [0.25, 0.3) is 0 Å². The van der Waals surface area contributed by atoms with Crippen LogP contribution in [0.1, 0.15) is 115 Å². The molecule has 1 saturated heterocycles. The molecule has 1 heterocycles. The van der Waals surface area contributed by atoms with Crippen molar-refractivity contribution in [2.24, 2.45) is 5.73 Å². The zero-order valence-corrected chi connectivity index (χ0v) is 50.3. The molecule has 1 aromatic rings. The highest BCUT2D eigenvalue weighted by atomic mass is 79.9. The standard InChI is InChI=1S/C55H88BrN11O19/c56-39-18-16-38(17-19-39)33-67(24-10-7-13-42(53(82)83)61-55(86)62-43(54(84)85)20-21-47(71)72)46(70)15-4-2-1-3-14-44(68)58-23-9-6-12-41(52(80)81)60-51(79)40(11-5-8-22-57)59-45(69)34-63-25-27-64(35-48(73)74)29-31-66(37-50(77)78)32-30-65(28-26-63)36-49(75)76/h16-19,40-43H,1-15,20-37,57H2,(H,58,68)(H,59,69)(H,60,79)(H,71,72)(H,73,74)(H,75,76)(H,77,78)(H,80,81)(H,82,83)(H,84,85)(H2,61,62,86)/t40-,41-,42-,43-/m0/s1. The van der Waals surface area contributed by atoms with E-state index in [9.17, 15) is 88.2 Å². The number of carbonyl (C=O) groups excluding carboxylic acids is 5. The average Bonchev–Trinajstić information content (AvgIpc) is 3.66. The topological polar surface area (TPSA) is 449 Å². The first kappa shape index (κ1) is 75.0. The molecule has 0 bridgehead atoms. The minimum absolute atomic E-state index is 0.0157. The SMILES string of the molecule is NCCCC[C@H](NC(=O)CN1CCN(CC(=O)O)CCN(CC(=O)O)CCN(CC(=O)O)CC1)C(=O)N[C@@H](CCCCNC(=O)CCCCCCC(=O)N(CCCC[C@H](NC(=O)N[C@@H](CCC(=O)O)C(=O)O)C(=O)O)Cc1ccc(Br)cc1)C(=O)O. The van der Waals surface area contributed by atoms with Crippen LogP contribution in [0, 0.1) is 0 Å². The Bertz CT molecular complexity index is 2320. The number of halogens is 1. The van der Waals surface area contributed by atoms with Crippen molar-refractivity contribution in [3.63, 3.8) is 0 Å². The summed E-state index contributed by atoms with van der Waals surface area (Å²) in [4.78, 5) is 156. The smallest absolute Gasteiger partial charge is 0.326 e. The number of carbonyl (C=O) groups is 12. The molecule has 1 aliphatic rings. The van der Waals surface area contributed by atoms with Gasteiger partial charge in [-0.05, 0) is 101 Å². The first-order chi connectivity index (χ1) is 40.8.